The van der Waals surface area contributed by atoms with E-state index in [-0.39, 0.29) is 22.7 Å². The molecule has 9 heteroatoms. The zero-order valence-electron chi connectivity index (χ0n) is 20.2. The summed E-state index contributed by atoms with van der Waals surface area (Å²) in [5.41, 5.74) is 1.03. The minimum atomic E-state index is -0.769. The maximum Gasteiger partial charge on any atom is 0.297 e. The van der Waals surface area contributed by atoms with Crippen LogP contribution in [0.3, 0.4) is 0 Å². The first-order chi connectivity index (χ1) is 17.4. The molecule has 1 amide bonds. The molecule has 4 aromatic rings. The van der Waals surface area contributed by atoms with Crippen LogP contribution < -0.4 is 19.8 Å². The third-order valence-corrected chi connectivity index (χ3v) is 7.07. The van der Waals surface area contributed by atoms with E-state index in [2.05, 4.69) is 16.8 Å². The van der Waals surface area contributed by atoms with Crippen molar-refractivity contribution in [2.24, 2.45) is 0 Å². The summed E-state index contributed by atoms with van der Waals surface area (Å²) in [6.45, 7) is 10.3. The second-order valence-corrected chi connectivity index (χ2v) is 9.55. The smallest absolute Gasteiger partial charge is 0.297 e. The molecule has 1 atom stereocenters. The van der Waals surface area contributed by atoms with Gasteiger partial charge in [-0.1, -0.05) is 56.0 Å². The molecule has 0 saturated heterocycles. The highest BCUT2D eigenvalue weighted by Gasteiger charge is 2.45. The number of carbonyl (C=O) groups is 1. The summed E-state index contributed by atoms with van der Waals surface area (Å²) in [5.74, 6) is 0.760. The Morgan fingerprint density at radius 2 is 1.94 bits per heavy atom. The molecule has 0 radical (unpaired) electrons. The SMILES string of the molecule is C=CCOc1ccc([C@H]2c3c(oc4ccccc4c3=O)C(=O)N2c2nnc(C(C)C)s2)cc1OCC. The van der Waals surface area contributed by atoms with Crippen molar-refractivity contribution < 1.29 is 18.7 Å². The zero-order chi connectivity index (χ0) is 25.4. The minimum Gasteiger partial charge on any atom is -0.490 e. The van der Waals surface area contributed by atoms with E-state index in [0.717, 1.165) is 5.01 Å². The Hall–Kier alpha value is -3.98. The summed E-state index contributed by atoms with van der Waals surface area (Å²) in [7, 11) is 0. The molecule has 36 heavy (non-hydrogen) atoms. The standard InChI is InChI=1S/C27H25N3O5S/c1-5-13-34-19-12-11-16(14-20(19)33-6-2)22-21-23(31)17-9-7-8-10-18(17)35-24(21)26(32)30(22)27-29-28-25(36-27)15(3)4/h5,7-12,14-15,22H,1,6,13H2,2-4H3/t22-/m0/s1. The van der Waals surface area contributed by atoms with Crippen LogP contribution in [-0.2, 0) is 0 Å². The van der Waals surface area contributed by atoms with Crippen LogP contribution in [0, 0.1) is 0 Å². The van der Waals surface area contributed by atoms with Crippen molar-refractivity contribution in [1.82, 2.24) is 10.2 Å². The van der Waals surface area contributed by atoms with Crippen LogP contribution in [0.1, 0.15) is 59.4 Å². The van der Waals surface area contributed by atoms with E-state index >= 15 is 0 Å². The van der Waals surface area contributed by atoms with Gasteiger partial charge in [-0.05, 0) is 36.8 Å². The molecule has 2 aromatic heterocycles. The number of hydrogen-bond donors (Lipinski definition) is 0. The Morgan fingerprint density at radius 3 is 2.67 bits per heavy atom. The predicted molar refractivity (Wildman–Crippen MR) is 138 cm³/mol. The summed E-state index contributed by atoms with van der Waals surface area (Å²) in [5, 5.41) is 10.2. The van der Waals surface area contributed by atoms with E-state index in [9.17, 15) is 9.59 Å². The van der Waals surface area contributed by atoms with Gasteiger partial charge in [-0.2, -0.15) is 0 Å². The fraction of sp³-hybridized carbons (Fsp3) is 0.259. The van der Waals surface area contributed by atoms with Gasteiger partial charge in [-0.15, -0.1) is 10.2 Å². The maximum atomic E-state index is 13.7. The monoisotopic (exact) mass is 503 g/mol. The van der Waals surface area contributed by atoms with Gasteiger partial charge in [-0.25, -0.2) is 0 Å². The Kier molecular flexibility index (Phi) is 6.32. The molecule has 1 aliphatic rings. The van der Waals surface area contributed by atoms with Crippen LogP contribution >= 0.6 is 11.3 Å². The molecule has 0 aliphatic carbocycles. The Bertz CT molecular complexity index is 1520. The normalized spacial score (nSPS) is 14.9. The fourth-order valence-electron chi connectivity index (χ4n) is 4.22. The van der Waals surface area contributed by atoms with Gasteiger partial charge in [0.15, 0.2) is 16.9 Å². The summed E-state index contributed by atoms with van der Waals surface area (Å²) >= 11 is 1.32. The van der Waals surface area contributed by atoms with Gasteiger partial charge in [0.05, 0.1) is 23.6 Å². The highest BCUT2D eigenvalue weighted by molar-refractivity contribution is 7.15. The number of nitrogens with zero attached hydrogens (tertiary/aromatic N) is 3. The second kappa shape index (κ2) is 9.58. The van der Waals surface area contributed by atoms with E-state index in [4.69, 9.17) is 13.9 Å². The van der Waals surface area contributed by atoms with Crippen LogP contribution in [0.2, 0.25) is 0 Å². The Morgan fingerprint density at radius 1 is 1.14 bits per heavy atom. The van der Waals surface area contributed by atoms with E-state index in [1.165, 1.54) is 16.2 Å². The molecule has 184 valence electrons. The second-order valence-electron chi connectivity index (χ2n) is 8.56. The number of rotatable bonds is 8. The molecule has 0 spiro atoms. The van der Waals surface area contributed by atoms with Gasteiger partial charge < -0.3 is 13.9 Å². The van der Waals surface area contributed by atoms with Gasteiger partial charge in [0.25, 0.3) is 5.91 Å². The predicted octanol–water partition coefficient (Wildman–Crippen LogP) is 5.48. The minimum absolute atomic E-state index is 0.00920. The van der Waals surface area contributed by atoms with Gasteiger partial charge in [0.2, 0.25) is 10.9 Å². The van der Waals surface area contributed by atoms with Crippen LogP contribution in [0.25, 0.3) is 11.0 Å². The highest BCUT2D eigenvalue weighted by Crippen LogP contribution is 2.44. The topological polar surface area (TPSA) is 94.8 Å². The average Bonchev–Trinajstić information content (AvgIpc) is 3.47. The number of hydrogen-bond acceptors (Lipinski definition) is 8. The van der Waals surface area contributed by atoms with Crippen LogP contribution in [0.4, 0.5) is 5.13 Å². The molecule has 0 bridgehead atoms. The molecule has 0 unspecified atom stereocenters. The third-order valence-electron chi connectivity index (χ3n) is 5.85. The lowest BCUT2D eigenvalue weighted by atomic mass is 9.98. The number of carbonyl (C=O) groups excluding carboxylic acids is 1. The lowest BCUT2D eigenvalue weighted by Gasteiger charge is -2.23. The first-order valence-electron chi connectivity index (χ1n) is 11.7. The van der Waals surface area contributed by atoms with Crippen molar-refractivity contribution in [2.45, 2.75) is 32.7 Å². The Labute approximate surface area is 211 Å². The summed E-state index contributed by atoms with van der Waals surface area (Å²) in [4.78, 5) is 29.0. The molecule has 5 rings (SSSR count). The maximum absolute atomic E-state index is 13.7. The van der Waals surface area contributed by atoms with E-state index in [0.29, 0.717) is 46.4 Å². The van der Waals surface area contributed by atoms with Crippen LogP contribution in [0.15, 0.2) is 64.3 Å². The average molecular weight is 504 g/mol. The lowest BCUT2D eigenvalue weighted by Crippen LogP contribution is -2.29. The molecule has 0 saturated carbocycles. The van der Waals surface area contributed by atoms with Gasteiger partial charge in [0.1, 0.15) is 17.2 Å². The van der Waals surface area contributed by atoms with Gasteiger partial charge in [0, 0.05) is 5.92 Å². The van der Waals surface area contributed by atoms with Crippen molar-refractivity contribution in [3.63, 3.8) is 0 Å². The molecule has 0 fully saturated rings. The number of benzene rings is 2. The quantitative estimate of drug-likeness (QED) is 0.294. The summed E-state index contributed by atoms with van der Waals surface area (Å²) in [6.07, 6.45) is 1.65. The van der Waals surface area contributed by atoms with Crippen molar-refractivity contribution in [3.8, 4) is 11.5 Å². The molecular weight excluding hydrogens is 478 g/mol. The molecule has 8 nitrogen and oxygen atoms in total. The van der Waals surface area contributed by atoms with Gasteiger partial charge in [-0.3, -0.25) is 14.5 Å². The number of aromatic nitrogens is 2. The molecule has 1 aliphatic heterocycles. The molecular formula is C27H25N3O5S. The fourth-order valence-corrected chi connectivity index (χ4v) is 5.09. The number of ether oxygens (including phenoxy) is 2. The number of amides is 1. The van der Waals surface area contributed by atoms with E-state index in [1.54, 1.807) is 42.5 Å². The van der Waals surface area contributed by atoms with E-state index < -0.39 is 11.9 Å². The number of fused-ring (bicyclic) bond motifs is 2. The Balaban J connectivity index is 1.73. The number of para-hydroxylation sites is 1. The highest BCUT2D eigenvalue weighted by atomic mass is 32.1. The summed E-state index contributed by atoms with van der Waals surface area (Å²) < 4.78 is 17.6. The van der Waals surface area contributed by atoms with Crippen molar-refractivity contribution >= 4 is 33.3 Å². The largest absolute Gasteiger partial charge is 0.490 e. The molecule has 2 aromatic carbocycles. The molecule has 3 heterocycles. The first kappa shape index (κ1) is 23.7. The van der Waals surface area contributed by atoms with Crippen LogP contribution in [-0.4, -0.2) is 29.3 Å². The van der Waals surface area contributed by atoms with E-state index in [1.807, 2.05) is 26.8 Å². The third kappa shape index (κ3) is 3.95. The molecule has 0 N–H and O–H groups in total. The first-order valence-corrected chi connectivity index (χ1v) is 12.5. The van der Waals surface area contributed by atoms with Crippen LogP contribution in [0.5, 0.6) is 11.5 Å². The lowest BCUT2D eigenvalue weighted by molar-refractivity contribution is 0.0970. The van der Waals surface area contributed by atoms with Crippen molar-refractivity contribution in [1.29, 1.82) is 0 Å². The van der Waals surface area contributed by atoms with Gasteiger partial charge >= 0.3 is 0 Å². The van der Waals surface area contributed by atoms with Crippen molar-refractivity contribution in [2.75, 3.05) is 18.1 Å². The zero-order valence-corrected chi connectivity index (χ0v) is 21.0. The summed E-state index contributed by atoms with van der Waals surface area (Å²) in [6, 6.07) is 11.5. The van der Waals surface area contributed by atoms with Crippen molar-refractivity contribution in [3.05, 3.63) is 87.2 Å². The number of anilines is 1.